The van der Waals surface area contributed by atoms with Gasteiger partial charge in [-0.2, -0.15) is 4.31 Å². The average Bonchev–Trinajstić information content (AvgIpc) is 2.89. The van der Waals surface area contributed by atoms with Crippen molar-refractivity contribution in [3.05, 3.63) is 60.1 Å². The van der Waals surface area contributed by atoms with E-state index in [1.54, 1.807) is 18.2 Å². The number of nitrogens with zero attached hydrogens (tertiary/aromatic N) is 3. The van der Waals surface area contributed by atoms with E-state index in [9.17, 15) is 27.6 Å². The molecular weight excluding hydrogens is 556 g/mol. The minimum absolute atomic E-state index is 0.0545. The van der Waals surface area contributed by atoms with Crippen LogP contribution < -0.4 is 31.8 Å². The van der Waals surface area contributed by atoms with Gasteiger partial charge < -0.3 is 26.0 Å². The highest BCUT2D eigenvalue weighted by atomic mass is 32.2. The number of ether oxygens (including phenoxy) is 1. The van der Waals surface area contributed by atoms with Crippen molar-refractivity contribution in [2.75, 3.05) is 31.3 Å². The lowest BCUT2D eigenvalue weighted by Gasteiger charge is -2.38. The van der Waals surface area contributed by atoms with Crippen LogP contribution >= 0.6 is 0 Å². The number of nitrogens with one attached hydrogen (secondary N) is 4. The molecule has 0 aliphatic carbocycles. The van der Waals surface area contributed by atoms with E-state index in [2.05, 4.69) is 32.8 Å². The molecule has 16 heteroatoms. The first-order valence-electron chi connectivity index (χ1n) is 12.4. The molecule has 0 aromatic heterocycles. The summed E-state index contributed by atoms with van der Waals surface area (Å²) in [6, 6.07) is 3.70. The fraction of sp³-hybridized carbons (Fsp3) is 0.320. The molecule has 218 valence electrons. The molecule has 1 saturated heterocycles. The molecule has 1 aromatic rings. The number of carbonyl (C=O) groups is 4. The summed E-state index contributed by atoms with van der Waals surface area (Å²) in [5.74, 6) is 4.49. The molecule has 0 bridgehead atoms. The second-order valence-corrected chi connectivity index (χ2v) is 11.5. The first-order valence-corrected chi connectivity index (χ1v) is 14.3. The van der Waals surface area contributed by atoms with Crippen molar-refractivity contribution in [2.24, 2.45) is 10.8 Å². The third-order valence-corrected chi connectivity index (χ3v) is 7.52. The van der Waals surface area contributed by atoms with Gasteiger partial charge in [0.1, 0.15) is 29.0 Å². The van der Waals surface area contributed by atoms with Gasteiger partial charge in [-0.3, -0.25) is 24.2 Å². The number of rotatable bonds is 9. The van der Waals surface area contributed by atoms with E-state index < -0.39 is 33.8 Å². The standard InChI is InChI=1S/C25H30N8O7S/c1-4-5-21-30-18(24(36)27-10-15-6-7-20-17(8-15)31-22(34)13-40-20)9-19(33(21)26)25(37)28-14(2)23(35)29-16-11-32(12-16)41(3,38)39/h4-9,14,16H,1,10-13,26H2,2-3H3,(H,27,36)(H,28,37)(H,29,35)(H,31,34)/b21-5-/t14-/m0/s1. The number of fused-ring (bicyclic) bond motifs is 1. The topological polar surface area (TPSA) is 205 Å². The lowest BCUT2D eigenvalue weighted by Crippen LogP contribution is -2.62. The van der Waals surface area contributed by atoms with Gasteiger partial charge >= 0.3 is 0 Å². The highest BCUT2D eigenvalue weighted by Gasteiger charge is 2.35. The van der Waals surface area contributed by atoms with Crippen molar-refractivity contribution in [2.45, 2.75) is 25.6 Å². The fourth-order valence-electron chi connectivity index (χ4n) is 4.02. The summed E-state index contributed by atoms with van der Waals surface area (Å²) in [7, 11) is -3.33. The van der Waals surface area contributed by atoms with E-state index in [4.69, 9.17) is 10.6 Å². The second-order valence-electron chi connectivity index (χ2n) is 9.49. The van der Waals surface area contributed by atoms with E-state index in [1.807, 2.05) is 0 Å². The van der Waals surface area contributed by atoms with Gasteiger partial charge in [0.2, 0.25) is 15.9 Å². The normalized spacial score (nSPS) is 19.0. The molecule has 1 aromatic carbocycles. The van der Waals surface area contributed by atoms with Gasteiger partial charge in [-0.25, -0.2) is 19.3 Å². The molecule has 4 rings (SSSR count). The van der Waals surface area contributed by atoms with Crippen LogP contribution in [0.15, 0.2) is 59.5 Å². The zero-order valence-corrected chi connectivity index (χ0v) is 23.2. The summed E-state index contributed by atoms with van der Waals surface area (Å²) in [6.07, 6.45) is 5.06. The highest BCUT2D eigenvalue weighted by Crippen LogP contribution is 2.28. The number of aliphatic imine (C=N–C) groups is 1. The maximum Gasteiger partial charge on any atom is 0.270 e. The van der Waals surface area contributed by atoms with Gasteiger partial charge in [0, 0.05) is 25.7 Å². The van der Waals surface area contributed by atoms with E-state index in [1.165, 1.54) is 29.5 Å². The maximum absolute atomic E-state index is 13.1. The third kappa shape index (κ3) is 6.97. The van der Waals surface area contributed by atoms with Gasteiger partial charge in [0.25, 0.3) is 17.7 Å². The summed E-state index contributed by atoms with van der Waals surface area (Å²) in [6.45, 7) is 5.35. The molecule has 1 fully saturated rings. The quantitative estimate of drug-likeness (QED) is 0.212. The Labute approximate surface area is 236 Å². The Morgan fingerprint density at radius 1 is 1.29 bits per heavy atom. The first-order chi connectivity index (χ1) is 19.3. The molecule has 0 saturated carbocycles. The Bertz CT molecular complexity index is 1490. The van der Waals surface area contributed by atoms with Crippen molar-refractivity contribution in [3.8, 4) is 5.75 Å². The van der Waals surface area contributed by atoms with E-state index in [0.717, 1.165) is 11.3 Å². The monoisotopic (exact) mass is 586 g/mol. The van der Waals surface area contributed by atoms with Crippen molar-refractivity contribution in [1.82, 2.24) is 25.3 Å². The summed E-state index contributed by atoms with van der Waals surface area (Å²) in [4.78, 5) is 54.4. The molecule has 0 unspecified atom stereocenters. The largest absolute Gasteiger partial charge is 0.482 e. The number of anilines is 1. The number of allylic oxidation sites excluding steroid dienone is 2. The van der Waals surface area contributed by atoms with Gasteiger partial charge in [-0.1, -0.05) is 18.7 Å². The Morgan fingerprint density at radius 3 is 2.71 bits per heavy atom. The van der Waals surface area contributed by atoms with Crippen LogP contribution in [0.1, 0.15) is 12.5 Å². The molecule has 4 amide bonds. The first kappa shape index (κ1) is 29.4. The number of carbonyl (C=O) groups excluding carboxylic acids is 4. The van der Waals surface area contributed by atoms with Gasteiger partial charge in [-0.05, 0) is 30.7 Å². The van der Waals surface area contributed by atoms with Crippen LogP contribution in [0.5, 0.6) is 5.75 Å². The van der Waals surface area contributed by atoms with Crippen LogP contribution in [0.4, 0.5) is 5.69 Å². The van der Waals surface area contributed by atoms with Crippen LogP contribution in [-0.4, -0.2) is 85.1 Å². The molecule has 3 heterocycles. The number of hydrazine groups is 1. The Balaban J connectivity index is 1.40. The molecule has 41 heavy (non-hydrogen) atoms. The van der Waals surface area contributed by atoms with Crippen molar-refractivity contribution >= 4 is 45.1 Å². The minimum Gasteiger partial charge on any atom is -0.482 e. The molecule has 15 nitrogen and oxygen atoms in total. The van der Waals surface area contributed by atoms with Crippen molar-refractivity contribution < 1.29 is 32.3 Å². The molecule has 3 aliphatic rings. The number of nitrogens with two attached hydrogens (primary N) is 1. The Morgan fingerprint density at radius 2 is 2.02 bits per heavy atom. The third-order valence-electron chi connectivity index (χ3n) is 6.28. The summed E-state index contributed by atoms with van der Waals surface area (Å²) in [5.41, 5.74) is 0.889. The molecular formula is C25H30N8O7S. The Kier molecular flexibility index (Phi) is 8.55. The smallest absolute Gasteiger partial charge is 0.270 e. The zero-order valence-electron chi connectivity index (χ0n) is 22.3. The highest BCUT2D eigenvalue weighted by molar-refractivity contribution is 7.88. The number of benzene rings is 1. The predicted octanol–water partition coefficient (Wildman–Crippen LogP) is -1.56. The SMILES string of the molecule is C=C/C=C1/N=C(C(=O)NCc2ccc3c(c2)NC(=O)CO3)C=C(C(=O)N[C@@H](C)C(=O)NC2CN(S(C)(=O)=O)C2)N1N. The lowest BCUT2D eigenvalue weighted by molar-refractivity contribution is -0.128. The lowest BCUT2D eigenvalue weighted by atomic mass is 10.1. The van der Waals surface area contributed by atoms with E-state index >= 15 is 0 Å². The fourth-order valence-corrected chi connectivity index (χ4v) is 4.92. The summed E-state index contributed by atoms with van der Waals surface area (Å²) < 4.78 is 29.6. The van der Waals surface area contributed by atoms with Crippen molar-refractivity contribution in [3.63, 3.8) is 0 Å². The van der Waals surface area contributed by atoms with Gasteiger partial charge in [0.15, 0.2) is 6.61 Å². The van der Waals surface area contributed by atoms with Crippen LogP contribution in [0.3, 0.4) is 0 Å². The molecule has 0 radical (unpaired) electrons. The van der Waals surface area contributed by atoms with E-state index in [-0.39, 0.29) is 55.4 Å². The van der Waals surface area contributed by atoms with Crippen LogP contribution in [0.25, 0.3) is 0 Å². The molecule has 6 N–H and O–H groups in total. The maximum atomic E-state index is 13.1. The van der Waals surface area contributed by atoms with Gasteiger partial charge in [0.05, 0.1) is 18.0 Å². The van der Waals surface area contributed by atoms with Crippen LogP contribution in [0.2, 0.25) is 0 Å². The molecule has 3 aliphatic heterocycles. The number of amides is 4. The summed E-state index contributed by atoms with van der Waals surface area (Å²) in [5, 5.41) is 11.6. The van der Waals surface area contributed by atoms with Gasteiger partial charge in [-0.15, -0.1) is 0 Å². The Hall–Kier alpha value is -4.54. The van der Waals surface area contributed by atoms with Crippen molar-refractivity contribution in [1.29, 1.82) is 0 Å². The molecule has 1 atom stereocenters. The van der Waals surface area contributed by atoms with Crippen LogP contribution in [0, 0.1) is 0 Å². The van der Waals surface area contributed by atoms with Crippen LogP contribution in [-0.2, 0) is 35.7 Å². The number of hydrogen-bond donors (Lipinski definition) is 5. The zero-order chi connectivity index (χ0) is 29.9. The van der Waals surface area contributed by atoms with E-state index in [0.29, 0.717) is 17.0 Å². The predicted molar refractivity (Wildman–Crippen MR) is 148 cm³/mol. The number of sulfonamides is 1. The summed E-state index contributed by atoms with van der Waals surface area (Å²) >= 11 is 0. The minimum atomic E-state index is -3.33. The average molecular weight is 587 g/mol. The number of hydrogen-bond acceptors (Lipinski definition) is 10. The molecule has 0 spiro atoms. The second kappa shape index (κ2) is 11.9.